The first-order valence-corrected chi connectivity index (χ1v) is 11.3. The fraction of sp³-hybridized carbons (Fsp3) is 0.130. The molecular formula is C23H22ClN3O3S. The van der Waals surface area contributed by atoms with E-state index in [1.165, 1.54) is 18.2 Å². The molecule has 0 aliphatic heterocycles. The molecule has 0 aliphatic carbocycles. The summed E-state index contributed by atoms with van der Waals surface area (Å²) >= 11 is 6.12. The van der Waals surface area contributed by atoms with Crippen molar-refractivity contribution < 1.29 is 13.2 Å². The molecule has 0 fully saturated rings. The number of carbonyl (C=O) groups is 1. The van der Waals surface area contributed by atoms with E-state index < -0.39 is 22.5 Å². The highest BCUT2D eigenvalue weighted by molar-refractivity contribution is 7.92. The Labute approximate surface area is 187 Å². The van der Waals surface area contributed by atoms with Crippen molar-refractivity contribution in [2.45, 2.75) is 18.7 Å². The molecule has 0 spiro atoms. The molecule has 0 heterocycles. The molecule has 0 saturated carbocycles. The van der Waals surface area contributed by atoms with Crippen molar-refractivity contribution in [3.63, 3.8) is 0 Å². The lowest BCUT2D eigenvalue weighted by atomic mass is 10.1. The van der Waals surface area contributed by atoms with Crippen LogP contribution in [0.5, 0.6) is 0 Å². The zero-order valence-electron chi connectivity index (χ0n) is 17.1. The first kappa shape index (κ1) is 22.5. The number of hydrogen-bond acceptors (Lipinski definition) is 4. The topological polar surface area (TPSA) is 78.8 Å². The zero-order chi connectivity index (χ0) is 22.4. The van der Waals surface area contributed by atoms with Crippen molar-refractivity contribution in [2.75, 3.05) is 10.8 Å². The maximum atomic E-state index is 13.4. The number of benzene rings is 3. The summed E-state index contributed by atoms with van der Waals surface area (Å²) in [7, 11) is -4.01. The normalized spacial score (nSPS) is 11.8. The van der Waals surface area contributed by atoms with E-state index in [1.54, 1.807) is 44.2 Å². The quantitative estimate of drug-likeness (QED) is 0.424. The second kappa shape index (κ2) is 9.76. The minimum Gasteiger partial charge on any atom is -0.271 e. The van der Waals surface area contributed by atoms with Crippen LogP contribution in [-0.4, -0.2) is 26.6 Å². The van der Waals surface area contributed by atoms with Gasteiger partial charge in [-0.2, -0.15) is 5.10 Å². The van der Waals surface area contributed by atoms with Gasteiger partial charge in [-0.25, -0.2) is 13.8 Å². The highest BCUT2D eigenvalue weighted by Crippen LogP contribution is 2.29. The van der Waals surface area contributed by atoms with Crippen molar-refractivity contribution in [3.05, 3.63) is 95.0 Å². The summed E-state index contributed by atoms with van der Waals surface area (Å²) in [5.41, 5.74) is 4.90. The summed E-state index contributed by atoms with van der Waals surface area (Å²) in [5, 5.41) is 4.47. The minimum absolute atomic E-state index is 0.0751. The second-order valence-electron chi connectivity index (χ2n) is 6.85. The van der Waals surface area contributed by atoms with Crippen LogP contribution in [-0.2, 0) is 14.8 Å². The minimum atomic E-state index is -4.01. The number of nitrogens with zero attached hydrogens (tertiary/aromatic N) is 2. The highest BCUT2D eigenvalue weighted by atomic mass is 35.5. The Morgan fingerprint density at radius 2 is 1.61 bits per heavy atom. The van der Waals surface area contributed by atoms with Crippen molar-refractivity contribution in [2.24, 2.45) is 5.10 Å². The van der Waals surface area contributed by atoms with Gasteiger partial charge in [0.05, 0.1) is 16.3 Å². The third-order valence-corrected chi connectivity index (χ3v) is 6.61. The first-order valence-electron chi connectivity index (χ1n) is 9.51. The summed E-state index contributed by atoms with van der Waals surface area (Å²) in [6, 6.07) is 22.2. The van der Waals surface area contributed by atoms with Gasteiger partial charge in [-0.3, -0.25) is 9.10 Å². The molecular weight excluding hydrogens is 434 g/mol. The van der Waals surface area contributed by atoms with Crippen LogP contribution in [0.15, 0.2) is 88.9 Å². The lowest BCUT2D eigenvalue weighted by molar-refractivity contribution is -0.119. The SMILES string of the molecule is C/C(=N/NC(=O)CN(c1cc(Cl)ccc1C)S(=O)(=O)c1ccccc1)c1ccccc1. The molecule has 1 amide bonds. The van der Waals surface area contributed by atoms with E-state index in [1.807, 2.05) is 30.3 Å². The van der Waals surface area contributed by atoms with Crippen LogP contribution in [0, 0.1) is 6.92 Å². The lowest BCUT2D eigenvalue weighted by Gasteiger charge is -2.25. The van der Waals surface area contributed by atoms with E-state index in [0.717, 1.165) is 9.87 Å². The largest absolute Gasteiger partial charge is 0.271 e. The molecule has 1 N–H and O–H groups in total. The van der Waals surface area contributed by atoms with Crippen LogP contribution in [0.2, 0.25) is 5.02 Å². The van der Waals surface area contributed by atoms with Gasteiger partial charge < -0.3 is 0 Å². The molecule has 160 valence electrons. The third-order valence-electron chi connectivity index (χ3n) is 4.60. The molecule has 0 aliphatic rings. The van der Waals surface area contributed by atoms with Crippen molar-refractivity contribution >= 4 is 38.9 Å². The van der Waals surface area contributed by atoms with E-state index in [0.29, 0.717) is 22.0 Å². The van der Waals surface area contributed by atoms with Gasteiger partial charge in [0.25, 0.3) is 15.9 Å². The number of hydrazone groups is 1. The predicted molar refractivity (Wildman–Crippen MR) is 124 cm³/mol. The number of nitrogens with one attached hydrogen (secondary N) is 1. The van der Waals surface area contributed by atoms with Gasteiger partial charge >= 0.3 is 0 Å². The third kappa shape index (κ3) is 5.51. The van der Waals surface area contributed by atoms with Crippen molar-refractivity contribution in [1.29, 1.82) is 0 Å². The maximum absolute atomic E-state index is 13.4. The Hall–Kier alpha value is -3.16. The molecule has 0 aromatic heterocycles. The zero-order valence-corrected chi connectivity index (χ0v) is 18.7. The van der Waals surface area contributed by atoms with Gasteiger partial charge in [0.15, 0.2) is 0 Å². The Balaban J connectivity index is 1.92. The van der Waals surface area contributed by atoms with Crippen molar-refractivity contribution in [3.8, 4) is 0 Å². The van der Waals surface area contributed by atoms with Gasteiger partial charge in [-0.1, -0.05) is 66.2 Å². The standard InChI is InChI=1S/C23H22ClN3O3S/c1-17-13-14-20(24)15-22(17)27(31(29,30)21-11-7-4-8-12-21)16-23(28)26-25-18(2)19-9-5-3-6-10-19/h3-15H,16H2,1-2H3,(H,26,28)/b25-18-. The van der Waals surface area contributed by atoms with Gasteiger partial charge in [0.1, 0.15) is 6.54 Å². The fourth-order valence-corrected chi connectivity index (χ4v) is 4.59. The van der Waals surface area contributed by atoms with E-state index in [9.17, 15) is 13.2 Å². The van der Waals surface area contributed by atoms with E-state index in [4.69, 9.17) is 11.6 Å². The fourth-order valence-electron chi connectivity index (χ4n) is 2.93. The Morgan fingerprint density at radius 1 is 1.00 bits per heavy atom. The summed E-state index contributed by atoms with van der Waals surface area (Å²) < 4.78 is 27.8. The molecule has 6 nitrogen and oxygen atoms in total. The van der Waals surface area contributed by atoms with Gasteiger partial charge in [0, 0.05) is 5.02 Å². The smallest absolute Gasteiger partial charge is 0.264 e. The number of amides is 1. The number of hydrogen-bond donors (Lipinski definition) is 1. The van der Waals surface area contributed by atoms with Gasteiger partial charge in [-0.05, 0) is 49.2 Å². The second-order valence-corrected chi connectivity index (χ2v) is 9.15. The number of halogens is 1. The molecule has 31 heavy (non-hydrogen) atoms. The molecule has 0 atom stereocenters. The molecule has 3 aromatic rings. The van der Waals surface area contributed by atoms with Crippen LogP contribution in [0.4, 0.5) is 5.69 Å². The number of aryl methyl sites for hydroxylation is 1. The maximum Gasteiger partial charge on any atom is 0.264 e. The van der Waals surface area contributed by atoms with Crippen molar-refractivity contribution in [1.82, 2.24) is 5.43 Å². The monoisotopic (exact) mass is 455 g/mol. The van der Waals surface area contributed by atoms with Crippen LogP contribution in [0.3, 0.4) is 0 Å². The molecule has 0 bridgehead atoms. The van der Waals surface area contributed by atoms with Gasteiger partial charge in [0.2, 0.25) is 0 Å². The highest BCUT2D eigenvalue weighted by Gasteiger charge is 2.28. The van der Waals surface area contributed by atoms with Crippen LogP contribution < -0.4 is 9.73 Å². The average Bonchev–Trinajstić information content (AvgIpc) is 2.78. The van der Waals surface area contributed by atoms with E-state index in [-0.39, 0.29) is 4.90 Å². The van der Waals surface area contributed by atoms with E-state index >= 15 is 0 Å². The molecule has 3 aromatic carbocycles. The van der Waals surface area contributed by atoms with Crippen LogP contribution in [0.1, 0.15) is 18.1 Å². The molecule has 3 rings (SSSR count). The summed E-state index contributed by atoms with van der Waals surface area (Å²) in [6.45, 7) is 3.06. The molecule has 8 heteroatoms. The Bertz CT molecular complexity index is 1200. The number of sulfonamides is 1. The van der Waals surface area contributed by atoms with Crippen LogP contribution >= 0.6 is 11.6 Å². The summed E-state index contributed by atoms with van der Waals surface area (Å²) in [6.07, 6.45) is 0. The first-order chi connectivity index (χ1) is 14.8. The van der Waals surface area contributed by atoms with Gasteiger partial charge in [-0.15, -0.1) is 0 Å². The Kier molecular flexibility index (Phi) is 7.09. The molecule has 0 radical (unpaired) electrons. The average molecular weight is 456 g/mol. The molecule has 0 saturated heterocycles. The summed E-state index contributed by atoms with van der Waals surface area (Å²) in [5.74, 6) is -0.575. The van der Waals surface area contributed by atoms with E-state index in [2.05, 4.69) is 10.5 Å². The van der Waals surface area contributed by atoms with Crippen LogP contribution in [0.25, 0.3) is 0 Å². The molecule has 0 unspecified atom stereocenters. The predicted octanol–water partition coefficient (Wildman–Crippen LogP) is 4.38. The number of carbonyl (C=O) groups excluding carboxylic acids is 1. The number of anilines is 1. The lowest BCUT2D eigenvalue weighted by Crippen LogP contribution is -2.40. The number of rotatable bonds is 7. The Morgan fingerprint density at radius 3 is 2.26 bits per heavy atom. The summed E-state index contributed by atoms with van der Waals surface area (Å²) in [4.78, 5) is 12.8.